The fourth-order valence-electron chi connectivity index (χ4n) is 3.49. The number of hydrogen-bond acceptors (Lipinski definition) is 3. The van der Waals surface area contributed by atoms with E-state index in [1.54, 1.807) is 11.0 Å². The molecule has 0 atom stereocenters. The Hall–Kier alpha value is -0.920. The van der Waals surface area contributed by atoms with E-state index in [4.69, 9.17) is 0 Å². The van der Waals surface area contributed by atoms with Gasteiger partial charge in [0.2, 0.25) is 15.9 Å². The van der Waals surface area contributed by atoms with E-state index in [2.05, 4.69) is 20.7 Å². The first kappa shape index (κ1) is 16.9. The quantitative estimate of drug-likeness (QED) is 0.847. The lowest BCUT2D eigenvalue weighted by atomic mass is 9.96. The summed E-state index contributed by atoms with van der Waals surface area (Å²) in [6.07, 6.45) is 5.73. The van der Waals surface area contributed by atoms with E-state index in [0.717, 1.165) is 35.7 Å². The molecule has 1 heterocycles. The van der Waals surface area contributed by atoms with E-state index < -0.39 is 10.0 Å². The Kier molecular flexibility index (Phi) is 4.80. The number of carbonyl (C=O) groups excluding carboxylic acids is 1. The zero-order valence-electron chi connectivity index (χ0n) is 13.1. The minimum atomic E-state index is -3.65. The van der Waals surface area contributed by atoms with Crippen molar-refractivity contribution >= 4 is 37.5 Å². The topological polar surface area (TPSA) is 66.5 Å². The third-order valence-electron chi connectivity index (χ3n) is 4.59. The minimum Gasteiger partial charge on any atom is -0.311 e. The molecule has 1 saturated carbocycles. The second kappa shape index (κ2) is 6.53. The van der Waals surface area contributed by atoms with E-state index in [1.807, 2.05) is 6.07 Å². The molecule has 126 valence electrons. The first-order chi connectivity index (χ1) is 10.9. The van der Waals surface area contributed by atoms with Gasteiger partial charge in [-0.05, 0) is 37.0 Å². The number of carbonyl (C=O) groups is 1. The number of benzene rings is 1. The third-order valence-corrected chi connectivity index (χ3v) is 6.58. The van der Waals surface area contributed by atoms with Gasteiger partial charge < -0.3 is 4.90 Å². The lowest BCUT2D eigenvalue weighted by Gasteiger charge is -2.24. The number of halogens is 1. The van der Waals surface area contributed by atoms with Gasteiger partial charge in [0.1, 0.15) is 4.90 Å². The van der Waals surface area contributed by atoms with Crippen molar-refractivity contribution in [2.24, 2.45) is 0 Å². The van der Waals surface area contributed by atoms with Crippen LogP contribution in [0.1, 0.15) is 44.6 Å². The number of rotatable bonds is 3. The Morgan fingerprint density at radius 2 is 1.96 bits per heavy atom. The van der Waals surface area contributed by atoms with Gasteiger partial charge in [-0.25, -0.2) is 13.1 Å². The number of amides is 1. The molecule has 1 aliphatic carbocycles. The zero-order valence-corrected chi connectivity index (χ0v) is 15.5. The van der Waals surface area contributed by atoms with Gasteiger partial charge in [0, 0.05) is 24.0 Å². The van der Waals surface area contributed by atoms with E-state index in [-0.39, 0.29) is 16.8 Å². The smallest absolute Gasteiger partial charge is 0.242 e. The molecule has 0 spiro atoms. The number of sulfonamides is 1. The first-order valence-corrected chi connectivity index (χ1v) is 10.3. The molecule has 0 bridgehead atoms. The summed E-state index contributed by atoms with van der Waals surface area (Å²) in [5.41, 5.74) is 1.45. The lowest BCUT2D eigenvalue weighted by molar-refractivity contribution is -0.116. The molecule has 3 rings (SSSR count). The van der Waals surface area contributed by atoms with Crippen LogP contribution in [0.5, 0.6) is 0 Å². The molecule has 0 aromatic heterocycles. The SMILES string of the molecule is CC(=O)N1CCc2cc(Br)cc(S(=O)(=O)NC3CCCCC3)c21. The molecule has 7 heteroatoms. The van der Waals surface area contributed by atoms with Crippen LogP contribution in [-0.4, -0.2) is 26.9 Å². The summed E-state index contributed by atoms with van der Waals surface area (Å²) in [7, 11) is -3.65. The maximum Gasteiger partial charge on any atom is 0.242 e. The van der Waals surface area contributed by atoms with Crippen molar-refractivity contribution < 1.29 is 13.2 Å². The van der Waals surface area contributed by atoms with Gasteiger partial charge >= 0.3 is 0 Å². The summed E-state index contributed by atoms with van der Waals surface area (Å²) in [4.78, 5) is 13.6. The van der Waals surface area contributed by atoms with Crippen LogP contribution < -0.4 is 9.62 Å². The minimum absolute atomic E-state index is 0.00411. The first-order valence-electron chi connectivity index (χ1n) is 8.01. The average Bonchev–Trinajstić information content (AvgIpc) is 2.90. The predicted octanol–water partition coefficient (Wildman–Crippen LogP) is 2.97. The molecule has 1 aliphatic heterocycles. The van der Waals surface area contributed by atoms with Gasteiger partial charge in [-0.3, -0.25) is 4.79 Å². The molecule has 0 radical (unpaired) electrons. The van der Waals surface area contributed by atoms with Gasteiger partial charge in [0.15, 0.2) is 0 Å². The third kappa shape index (κ3) is 3.46. The highest BCUT2D eigenvalue weighted by Crippen LogP contribution is 2.37. The molecule has 0 unspecified atom stereocenters. The van der Waals surface area contributed by atoms with Gasteiger partial charge in [0.25, 0.3) is 0 Å². The monoisotopic (exact) mass is 400 g/mol. The average molecular weight is 401 g/mol. The maximum atomic E-state index is 12.9. The second-order valence-electron chi connectivity index (χ2n) is 6.29. The van der Waals surface area contributed by atoms with Crippen LogP contribution >= 0.6 is 15.9 Å². The molecule has 1 fully saturated rings. The molecule has 5 nitrogen and oxygen atoms in total. The van der Waals surface area contributed by atoms with E-state index >= 15 is 0 Å². The van der Waals surface area contributed by atoms with Crippen molar-refractivity contribution in [3.8, 4) is 0 Å². The Balaban J connectivity index is 2.00. The highest BCUT2D eigenvalue weighted by Gasteiger charge is 2.32. The predicted molar refractivity (Wildman–Crippen MR) is 93.1 cm³/mol. The fourth-order valence-corrected chi connectivity index (χ4v) is 5.73. The Labute approximate surface area is 145 Å². The number of fused-ring (bicyclic) bond motifs is 1. The molecule has 1 aromatic carbocycles. The Bertz CT molecular complexity index is 727. The summed E-state index contributed by atoms with van der Waals surface area (Å²) in [5, 5.41) is 0. The van der Waals surface area contributed by atoms with Crippen molar-refractivity contribution in [2.75, 3.05) is 11.4 Å². The maximum absolute atomic E-state index is 12.9. The number of nitrogens with zero attached hydrogens (tertiary/aromatic N) is 1. The van der Waals surface area contributed by atoms with Gasteiger partial charge in [-0.15, -0.1) is 0 Å². The summed E-state index contributed by atoms with van der Waals surface area (Å²) in [6.45, 7) is 2.01. The van der Waals surface area contributed by atoms with E-state index in [1.165, 1.54) is 13.3 Å². The molecule has 23 heavy (non-hydrogen) atoms. The largest absolute Gasteiger partial charge is 0.311 e. The van der Waals surface area contributed by atoms with Gasteiger partial charge in [-0.1, -0.05) is 35.2 Å². The van der Waals surface area contributed by atoms with Crippen LogP contribution in [0.15, 0.2) is 21.5 Å². The van der Waals surface area contributed by atoms with Crippen molar-refractivity contribution in [1.82, 2.24) is 4.72 Å². The second-order valence-corrected chi connectivity index (χ2v) is 8.89. The summed E-state index contributed by atoms with van der Waals surface area (Å²) < 4.78 is 29.4. The van der Waals surface area contributed by atoms with Crippen LogP contribution in [0.2, 0.25) is 0 Å². The normalized spacial score (nSPS) is 19.0. The standard InChI is InChI=1S/C16H21BrN2O3S/c1-11(20)19-8-7-12-9-13(17)10-15(16(12)19)23(21,22)18-14-5-3-2-4-6-14/h9-10,14,18H,2-8H2,1H3. The van der Waals surface area contributed by atoms with Crippen LogP contribution in [0.3, 0.4) is 0 Å². The Morgan fingerprint density at radius 1 is 1.26 bits per heavy atom. The van der Waals surface area contributed by atoms with Gasteiger partial charge in [-0.2, -0.15) is 0 Å². The number of nitrogens with one attached hydrogen (secondary N) is 1. The molecule has 2 aliphatic rings. The number of hydrogen-bond donors (Lipinski definition) is 1. The summed E-state index contributed by atoms with van der Waals surface area (Å²) >= 11 is 3.39. The van der Waals surface area contributed by atoms with Crippen LogP contribution in [-0.2, 0) is 21.2 Å². The lowest BCUT2D eigenvalue weighted by Crippen LogP contribution is -2.37. The highest BCUT2D eigenvalue weighted by molar-refractivity contribution is 9.10. The Morgan fingerprint density at radius 3 is 2.61 bits per heavy atom. The summed E-state index contributed by atoms with van der Waals surface area (Å²) in [5.74, 6) is -0.125. The fraction of sp³-hybridized carbons (Fsp3) is 0.562. The van der Waals surface area contributed by atoms with Crippen molar-refractivity contribution in [3.05, 3.63) is 22.2 Å². The van der Waals surface area contributed by atoms with Gasteiger partial charge in [0.05, 0.1) is 5.69 Å². The van der Waals surface area contributed by atoms with Crippen LogP contribution in [0.4, 0.5) is 5.69 Å². The molecule has 0 saturated heterocycles. The molecular weight excluding hydrogens is 380 g/mol. The zero-order chi connectivity index (χ0) is 16.6. The van der Waals surface area contributed by atoms with Crippen LogP contribution in [0, 0.1) is 0 Å². The molecule has 1 aromatic rings. The van der Waals surface area contributed by atoms with Crippen molar-refractivity contribution in [1.29, 1.82) is 0 Å². The van der Waals surface area contributed by atoms with Crippen molar-refractivity contribution in [3.63, 3.8) is 0 Å². The molecule has 1 amide bonds. The summed E-state index contributed by atoms with van der Waals surface area (Å²) in [6, 6.07) is 3.50. The molecular formula is C16H21BrN2O3S. The number of anilines is 1. The van der Waals surface area contributed by atoms with E-state index in [0.29, 0.717) is 18.7 Å². The van der Waals surface area contributed by atoms with Crippen molar-refractivity contribution in [2.45, 2.75) is 56.4 Å². The highest BCUT2D eigenvalue weighted by atomic mass is 79.9. The van der Waals surface area contributed by atoms with Crippen LogP contribution in [0.25, 0.3) is 0 Å². The molecule has 1 N–H and O–H groups in total. The van der Waals surface area contributed by atoms with E-state index in [9.17, 15) is 13.2 Å².